The molecule has 0 amide bonds. The van der Waals surface area contributed by atoms with Gasteiger partial charge in [-0.05, 0) is 42.5 Å². The fraction of sp³-hybridized carbons (Fsp3) is 0.200. The van der Waals surface area contributed by atoms with Gasteiger partial charge in [0.2, 0.25) is 0 Å². The van der Waals surface area contributed by atoms with Crippen LogP contribution in [0.1, 0.15) is 0 Å². The predicted molar refractivity (Wildman–Crippen MR) is 84.7 cm³/mol. The van der Waals surface area contributed by atoms with E-state index in [-0.39, 0.29) is 4.90 Å². The zero-order valence-electron chi connectivity index (χ0n) is 11.5. The van der Waals surface area contributed by atoms with Crippen molar-refractivity contribution < 1.29 is 17.9 Å². The van der Waals surface area contributed by atoms with E-state index < -0.39 is 9.84 Å². The van der Waals surface area contributed by atoms with Gasteiger partial charge in [-0.1, -0.05) is 22.0 Å². The molecule has 0 aliphatic heterocycles. The van der Waals surface area contributed by atoms with Crippen LogP contribution in [-0.2, 0) is 9.84 Å². The second kappa shape index (κ2) is 6.95. The van der Waals surface area contributed by atoms with E-state index in [1.54, 1.807) is 12.1 Å². The van der Waals surface area contributed by atoms with Crippen LogP contribution in [-0.4, -0.2) is 27.9 Å². The first-order valence-corrected chi connectivity index (χ1v) is 8.95. The first-order valence-electron chi connectivity index (χ1n) is 6.26. The molecule has 0 bridgehead atoms. The van der Waals surface area contributed by atoms with Crippen molar-refractivity contribution in [2.75, 3.05) is 19.5 Å². The van der Waals surface area contributed by atoms with E-state index in [2.05, 4.69) is 15.9 Å². The molecule has 0 radical (unpaired) electrons. The van der Waals surface area contributed by atoms with E-state index in [9.17, 15) is 8.42 Å². The summed E-state index contributed by atoms with van der Waals surface area (Å²) in [6, 6.07) is 13.9. The van der Waals surface area contributed by atoms with Crippen LogP contribution in [0.4, 0.5) is 0 Å². The zero-order chi connectivity index (χ0) is 15.3. The highest BCUT2D eigenvalue weighted by molar-refractivity contribution is 9.10. The van der Waals surface area contributed by atoms with Crippen molar-refractivity contribution in [1.29, 1.82) is 0 Å². The minimum Gasteiger partial charge on any atom is -0.490 e. The van der Waals surface area contributed by atoms with Gasteiger partial charge in [0.25, 0.3) is 0 Å². The molecule has 2 aromatic rings. The third-order valence-electron chi connectivity index (χ3n) is 2.67. The standard InChI is InChI=1S/C15H15BrO4S/c1-21(17,18)15-7-5-13(6-8-15)19-9-10-20-14-4-2-3-12(16)11-14/h2-8,11H,9-10H2,1H3. The van der Waals surface area contributed by atoms with Crippen LogP contribution >= 0.6 is 15.9 Å². The lowest BCUT2D eigenvalue weighted by molar-refractivity contribution is 0.217. The van der Waals surface area contributed by atoms with E-state index in [4.69, 9.17) is 9.47 Å². The number of sulfone groups is 1. The first-order chi connectivity index (χ1) is 9.95. The van der Waals surface area contributed by atoms with Crippen molar-refractivity contribution >= 4 is 25.8 Å². The molecule has 2 rings (SSSR count). The molecule has 0 atom stereocenters. The van der Waals surface area contributed by atoms with Gasteiger partial charge in [-0.2, -0.15) is 0 Å². The Morgan fingerprint density at radius 1 is 0.952 bits per heavy atom. The van der Waals surface area contributed by atoms with Crippen LogP contribution in [0.25, 0.3) is 0 Å². The second-order valence-electron chi connectivity index (χ2n) is 4.40. The summed E-state index contributed by atoms with van der Waals surface area (Å²) in [5.74, 6) is 1.38. The lowest BCUT2D eigenvalue weighted by atomic mass is 10.3. The smallest absolute Gasteiger partial charge is 0.175 e. The molecule has 0 aliphatic carbocycles. The van der Waals surface area contributed by atoms with E-state index in [1.165, 1.54) is 18.4 Å². The number of rotatable bonds is 6. The molecule has 0 heterocycles. The Morgan fingerprint density at radius 3 is 2.14 bits per heavy atom. The molecule has 0 aromatic heterocycles. The summed E-state index contributed by atoms with van der Waals surface area (Å²) in [4.78, 5) is 0.278. The maximum Gasteiger partial charge on any atom is 0.175 e. The molecule has 0 unspecified atom stereocenters. The molecule has 6 heteroatoms. The SMILES string of the molecule is CS(=O)(=O)c1ccc(OCCOc2cccc(Br)c2)cc1. The second-order valence-corrected chi connectivity index (χ2v) is 7.33. The molecule has 0 spiro atoms. The molecule has 0 aliphatic rings. The van der Waals surface area contributed by atoms with Crippen LogP contribution in [0, 0.1) is 0 Å². The van der Waals surface area contributed by atoms with E-state index in [0.29, 0.717) is 19.0 Å². The number of hydrogen-bond acceptors (Lipinski definition) is 4. The summed E-state index contributed by atoms with van der Waals surface area (Å²) in [5.41, 5.74) is 0. The molecular formula is C15H15BrO4S. The van der Waals surface area contributed by atoms with Crippen molar-refractivity contribution in [1.82, 2.24) is 0 Å². The molecule has 21 heavy (non-hydrogen) atoms. The van der Waals surface area contributed by atoms with Gasteiger partial charge in [0, 0.05) is 10.7 Å². The monoisotopic (exact) mass is 370 g/mol. The third-order valence-corrected chi connectivity index (χ3v) is 4.29. The molecule has 0 saturated carbocycles. The van der Waals surface area contributed by atoms with E-state index in [1.807, 2.05) is 24.3 Å². The van der Waals surface area contributed by atoms with Gasteiger partial charge in [-0.3, -0.25) is 0 Å². The van der Waals surface area contributed by atoms with E-state index in [0.717, 1.165) is 10.2 Å². The molecule has 4 nitrogen and oxygen atoms in total. The minimum absolute atomic E-state index is 0.278. The van der Waals surface area contributed by atoms with Crippen LogP contribution in [0.15, 0.2) is 57.9 Å². The highest BCUT2D eigenvalue weighted by atomic mass is 79.9. The normalized spacial score (nSPS) is 11.1. The van der Waals surface area contributed by atoms with Gasteiger partial charge >= 0.3 is 0 Å². The summed E-state index contributed by atoms with van der Waals surface area (Å²) >= 11 is 3.37. The van der Waals surface area contributed by atoms with Crippen molar-refractivity contribution in [2.45, 2.75) is 4.90 Å². The van der Waals surface area contributed by atoms with Gasteiger partial charge in [-0.15, -0.1) is 0 Å². The maximum absolute atomic E-state index is 11.3. The average Bonchev–Trinajstić information content (AvgIpc) is 2.43. The van der Waals surface area contributed by atoms with Crippen molar-refractivity contribution in [3.63, 3.8) is 0 Å². The van der Waals surface area contributed by atoms with Crippen molar-refractivity contribution in [2.24, 2.45) is 0 Å². The Balaban J connectivity index is 1.81. The number of ether oxygens (including phenoxy) is 2. The van der Waals surface area contributed by atoms with Gasteiger partial charge in [0.05, 0.1) is 4.90 Å². The van der Waals surface area contributed by atoms with Gasteiger partial charge in [0.1, 0.15) is 24.7 Å². The van der Waals surface area contributed by atoms with Crippen LogP contribution < -0.4 is 9.47 Å². The highest BCUT2D eigenvalue weighted by Gasteiger charge is 2.06. The summed E-state index contributed by atoms with van der Waals surface area (Å²) in [6.07, 6.45) is 1.18. The average molecular weight is 371 g/mol. The maximum atomic E-state index is 11.3. The molecule has 0 N–H and O–H groups in total. The lowest BCUT2D eigenvalue weighted by Crippen LogP contribution is -2.09. The van der Waals surface area contributed by atoms with Crippen molar-refractivity contribution in [3.05, 3.63) is 53.0 Å². The van der Waals surface area contributed by atoms with Crippen molar-refractivity contribution in [3.8, 4) is 11.5 Å². The molecule has 112 valence electrons. The summed E-state index contributed by atoms with van der Waals surface area (Å²) < 4.78 is 34.6. The van der Waals surface area contributed by atoms with Gasteiger partial charge < -0.3 is 9.47 Å². The Labute approximate surface area is 132 Å². The fourth-order valence-corrected chi connectivity index (χ4v) is 2.67. The van der Waals surface area contributed by atoms with Gasteiger partial charge in [0.15, 0.2) is 9.84 Å². The number of benzene rings is 2. The topological polar surface area (TPSA) is 52.6 Å². The third kappa shape index (κ3) is 5.06. The molecular weight excluding hydrogens is 356 g/mol. The Morgan fingerprint density at radius 2 is 1.57 bits per heavy atom. The summed E-state index contributed by atoms with van der Waals surface area (Å²) in [7, 11) is -3.17. The summed E-state index contributed by atoms with van der Waals surface area (Å²) in [6.45, 7) is 0.787. The van der Waals surface area contributed by atoms with Gasteiger partial charge in [-0.25, -0.2) is 8.42 Å². The molecule has 0 fully saturated rings. The number of hydrogen-bond donors (Lipinski definition) is 0. The van der Waals surface area contributed by atoms with Crippen LogP contribution in [0.2, 0.25) is 0 Å². The Hall–Kier alpha value is -1.53. The number of halogens is 1. The first kappa shape index (κ1) is 15.9. The lowest BCUT2D eigenvalue weighted by Gasteiger charge is -2.09. The zero-order valence-corrected chi connectivity index (χ0v) is 13.9. The predicted octanol–water partition coefficient (Wildman–Crippen LogP) is 3.31. The summed E-state index contributed by atoms with van der Waals surface area (Å²) in [5, 5.41) is 0. The molecule has 2 aromatic carbocycles. The Bertz CT molecular complexity index is 696. The minimum atomic E-state index is -3.17. The molecule has 0 saturated heterocycles. The van der Waals surface area contributed by atoms with Crippen LogP contribution in [0.3, 0.4) is 0 Å². The van der Waals surface area contributed by atoms with E-state index >= 15 is 0 Å². The van der Waals surface area contributed by atoms with Crippen LogP contribution in [0.5, 0.6) is 11.5 Å². The quantitative estimate of drug-likeness (QED) is 0.732. The fourth-order valence-electron chi connectivity index (χ4n) is 1.66. The Kier molecular flexibility index (Phi) is 5.25. The highest BCUT2D eigenvalue weighted by Crippen LogP contribution is 2.18. The largest absolute Gasteiger partial charge is 0.490 e.